The molecule has 0 aromatic heterocycles. The lowest BCUT2D eigenvalue weighted by molar-refractivity contribution is -0.130. The predicted molar refractivity (Wildman–Crippen MR) is 75.8 cm³/mol. The summed E-state index contributed by atoms with van der Waals surface area (Å²) in [6, 6.07) is 0.0504. The second-order valence-corrected chi connectivity index (χ2v) is 7.11. The Bertz CT molecular complexity index is 287. The van der Waals surface area contributed by atoms with Crippen molar-refractivity contribution in [3.8, 4) is 0 Å². The summed E-state index contributed by atoms with van der Waals surface area (Å²) in [6.07, 6.45) is 5.26. The zero-order valence-corrected chi connectivity index (χ0v) is 12.4. The van der Waals surface area contributed by atoms with Crippen molar-refractivity contribution in [2.75, 3.05) is 18.8 Å². The molecule has 0 radical (unpaired) electrons. The maximum Gasteiger partial charge on any atom is 0.238 e. The summed E-state index contributed by atoms with van der Waals surface area (Å²) < 4.78 is 12.0. The number of carbonyl (C=O) groups excluding carboxylic acids is 1. The maximum atomic E-state index is 12.2. The van der Waals surface area contributed by atoms with Crippen LogP contribution in [-0.2, 0) is 15.6 Å². The van der Waals surface area contributed by atoms with Crippen LogP contribution in [0.5, 0.6) is 0 Å². The minimum atomic E-state index is -1.09. The zero-order chi connectivity index (χ0) is 13.5. The highest BCUT2D eigenvalue weighted by Crippen LogP contribution is 2.13. The topological polar surface area (TPSA) is 63.4 Å². The molecule has 0 saturated carbocycles. The second-order valence-electron chi connectivity index (χ2n) is 5.23. The summed E-state index contributed by atoms with van der Waals surface area (Å²) in [6.45, 7) is 5.34. The number of likely N-dealkylation sites (tertiary alicyclic amines) is 1. The highest BCUT2D eigenvalue weighted by atomic mass is 32.2. The van der Waals surface area contributed by atoms with Crippen molar-refractivity contribution in [2.24, 2.45) is 5.73 Å². The molecule has 0 aromatic rings. The van der Waals surface area contributed by atoms with Crippen molar-refractivity contribution in [3.05, 3.63) is 0 Å². The van der Waals surface area contributed by atoms with Gasteiger partial charge in [-0.3, -0.25) is 9.00 Å². The lowest BCUT2D eigenvalue weighted by Crippen LogP contribution is -2.41. The van der Waals surface area contributed by atoms with Gasteiger partial charge in [0.25, 0.3) is 0 Å². The van der Waals surface area contributed by atoms with Crippen LogP contribution in [0.2, 0.25) is 0 Å². The molecule has 3 atom stereocenters. The first-order valence-corrected chi connectivity index (χ1v) is 8.32. The van der Waals surface area contributed by atoms with E-state index in [1.807, 2.05) is 11.8 Å². The van der Waals surface area contributed by atoms with Gasteiger partial charge in [-0.1, -0.05) is 12.8 Å². The molecular formula is C13H26N2O2S. The average Bonchev–Trinajstić information content (AvgIpc) is 2.62. The van der Waals surface area contributed by atoms with Crippen molar-refractivity contribution in [3.63, 3.8) is 0 Å². The van der Waals surface area contributed by atoms with E-state index in [0.29, 0.717) is 12.2 Å². The SMILES string of the molecule is CC(N)CCS(=O)C(C)C(=O)N1CCCCCC1. The highest BCUT2D eigenvalue weighted by Gasteiger charge is 2.25. The standard InChI is InChI=1S/C13H26N2O2S/c1-11(14)7-10-18(17)12(2)13(16)15-8-5-3-4-6-9-15/h11-12H,3-10,14H2,1-2H3. The first-order chi connectivity index (χ1) is 8.52. The molecular weight excluding hydrogens is 248 g/mol. The van der Waals surface area contributed by atoms with Crippen LogP contribution in [0.3, 0.4) is 0 Å². The summed E-state index contributed by atoms with van der Waals surface area (Å²) in [4.78, 5) is 14.1. The minimum absolute atomic E-state index is 0.0504. The van der Waals surface area contributed by atoms with Gasteiger partial charge in [0.1, 0.15) is 5.25 Å². The van der Waals surface area contributed by atoms with Gasteiger partial charge in [-0.15, -0.1) is 0 Å². The summed E-state index contributed by atoms with van der Waals surface area (Å²) in [5, 5.41) is -0.387. The molecule has 1 heterocycles. The Morgan fingerprint density at radius 3 is 2.28 bits per heavy atom. The predicted octanol–water partition coefficient (Wildman–Crippen LogP) is 1.26. The third-order valence-corrected chi connectivity index (χ3v) is 5.06. The van der Waals surface area contributed by atoms with Gasteiger partial charge in [-0.05, 0) is 33.1 Å². The third kappa shape index (κ3) is 5.06. The molecule has 1 aliphatic rings. The number of nitrogens with two attached hydrogens (primary N) is 1. The summed E-state index contributed by atoms with van der Waals surface area (Å²) in [7, 11) is -1.09. The third-order valence-electron chi connectivity index (χ3n) is 3.43. The molecule has 1 rings (SSSR count). The molecule has 0 bridgehead atoms. The summed E-state index contributed by atoms with van der Waals surface area (Å²) in [5.41, 5.74) is 5.65. The lowest BCUT2D eigenvalue weighted by atomic mass is 10.2. The van der Waals surface area contributed by atoms with Gasteiger partial charge in [-0.2, -0.15) is 0 Å². The normalized spacial score (nSPS) is 22.1. The Balaban J connectivity index is 2.45. The quantitative estimate of drug-likeness (QED) is 0.821. The number of carbonyl (C=O) groups is 1. The molecule has 4 nitrogen and oxygen atoms in total. The van der Waals surface area contributed by atoms with E-state index in [-0.39, 0.29) is 17.2 Å². The molecule has 18 heavy (non-hydrogen) atoms. The largest absolute Gasteiger partial charge is 0.342 e. The Labute approximate surface area is 113 Å². The fourth-order valence-electron chi connectivity index (χ4n) is 2.14. The van der Waals surface area contributed by atoms with Crippen LogP contribution in [-0.4, -0.2) is 45.2 Å². The van der Waals surface area contributed by atoms with E-state index >= 15 is 0 Å². The van der Waals surface area contributed by atoms with Crippen molar-refractivity contribution in [1.82, 2.24) is 4.90 Å². The van der Waals surface area contributed by atoms with Crippen molar-refractivity contribution in [2.45, 2.75) is 57.2 Å². The van der Waals surface area contributed by atoms with Crippen LogP contribution in [0.4, 0.5) is 0 Å². The van der Waals surface area contributed by atoms with Crippen LogP contribution < -0.4 is 5.73 Å². The summed E-state index contributed by atoms with van der Waals surface area (Å²) in [5.74, 6) is 0.582. The first-order valence-electron chi connectivity index (χ1n) is 6.94. The van der Waals surface area contributed by atoms with E-state index in [4.69, 9.17) is 5.73 Å². The van der Waals surface area contributed by atoms with E-state index in [1.54, 1.807) is 6.92 Å². The van der Waals surface area contributed by atoms with Gasteiger partial charge < -0.3 is 10.6 Å². The monoisotopic (exact) mass is 274 g/mol. The number of hydrogen-bond acceptors (Lipinski definition) is 3. The van der Waals surface area contributed by atoms with E-state index in [2.05, 4.69) is 0 Å². The molecule has 3 unspecified atom stereocenters. The molecule has 1 saturated heterocycles. The Morgan fingerprint density at radius 2 is 1.78 bits per heavy atom. The van der Waals surface area contributed by atoms with Gasteiger partial charge >= 0.3 is 0 Å². The number of hydrogen-bond donors (Lipinski definition) is 1. The number of nitrogens with zero attached hydrogens (tertiary/aromatic N) is 1. The highest BCUT2D eigenvalue weighted by molar-refractivity contribution is 7.86. The Hall–Kier alpha value is -0.420. The molecule has 106 valence electrons. The van der Waals surface area contributed by atoms with Gasteiger partial charge in [0, 0.05) is 35.7 Å². The van der Waals surface area contributed by atoms with Crippen LogP contribution in [0.25, 0.3) is 0 Å². The molecule has 1 amide bonds. The second kappa shape index (κ2) is 7.89. The van der Waals surface area contributed by atoms with Crippen molar-refractivity contribution in [1.29, 1.82) is 0 Å². The Kier molecular flexibility index (Phi) is 6.86. The van der Waals surface area contributed by atoms with E-state index in [0.717, 1.165) is 25.9 Å². The van der Waals surface area contributed by atoms with Crippen LogP contribution in [0.1, 0.15) is 46.0 Å². The fraction of sp³-hybridized carbons (Fsp3) is 0.923. The first kappa shape index (κ1) is 15.6. The fourth-order valence-corrected chi connectivity index (χ4v) is 3.47. The van der Waals surface area contributed by atoms with E-state index < -0.39 is 10.8 Å². The molecule has 1 fully saturated rings. The summed E-state index contributed by atoms with van der Waals surface area (Å²) >= 11 is 0. The lowest BCUT2D eigenvalue weighted by Gasteiger charge is -2.23. The smallest absolute Gasteiger partial charge is 0.238 e. The zero-order valence-electron chi connectivity index (χ0n) is 11.6. The van der Waals surface area contributed by atoms with Crippen LogP contribution >= 0.6 is 0 Å². The molecule has 0 aromatic carbocycles. The number of amides is 1. The Morgan fingerprint density at radius 1 is 1.22 bits per heavy atom. The van der Waals surface area contributed by atoms with Crippen molar-refractivity contribution >= 4 is 16.7 Å². The van der Waals surface area contributed by atoms with Gasteiger partial charge in [0.2, 0.25) is 5.91 Å². The molecule has 0 spiro atoms. The van der Waals surface area contributed by atoms with E-state index in [1.165, 1.54) is 12.8 Å². The molecule has 0 aliphatic carbocycles. The van der Waals surface area contributed by atoms with Crippen LogP contribution in [0.15, 0.2) is 0 Å². The van der Waals surface area contributed by atoms with Gasteiger partial charge in [0.05, 0.1) is 0 Å². The van der Waals surface area contributed by atoms with Crippen molar-refractivity contribution < 1.29 is 9.00 Å². The average molecular weight is 274 g/mol. The molecule has 1 aliphatic heterocycles. The maximum absolute atomic E-state index is 12.2. The molecule has 5 heteroatoms. The van der Waals surface area contributed by atoms with E-state index in [9.17, 15) is 9.00 Å². The van der Waals surface area contributed by atoms with Crippen LogP contribution in [0, 0.1) is 0 Å². The van der Waals surface area contributed by atoms with Gasteiger partial charge in [-0.25, -0.2) is 0 Å². The number of rotatable bonds is 5. The minimum Gasteiger partial charge on any atom is -0.342 e. The van der Waals surface area contributed by atoms with Gasteiger partial charge in [0.15, 0.2) is 0 Å². The molecule has 2 N–H and O–H groups in total.